The van der Waals surface area contributed by atoms with Crippen molar-refractivity contribution in [1.29, 1.82) is 0 Å². The minimum Gasteiger partial charge on any atom is -0.396 e. The van der Waals surface area contributed by atoms with Gasteiger partial charge in [0.2, 0.25) is 0 Å². The fraction of sp³-hybridized carbons (Fsp3) is 0.417. The number of aryl methyl sites for hydroxylation is 1. The molecule has 0 radical (unpaired) electrons. The van der Waals surface area contributed by atoms with Crippen LogP contribution in [0.15, 0.2) is 12.3 Å². The van der Waals surface area contributed by atoms with Crippen LogP contribution in [0.1, 0.15) is 20.3 Å². The molecule has 2 rings (SSSR count). The summed E-state index contributed by atoms with van der Waals surface area (Å²) in [6, 6.07) is 1.81. The van der Waals surface area contributed by atoms with Gasteiger partial charge in [0.1, 0.15) is 10.0 Å². The van der Waals surface area contributed by atoms with Gasteiger partial charge in [0.15, 0.2) is 0 Å². The van der Waals surface area contributed by atoms with Gasteiger partial charge in [-0.25, -0.2) is 0 Å². The van der Waals surface area contributed by atoms with Gasteiger partial charge in [0.25, 0.3) is 0 Å². The Kier molecular flexibility index (Phi) is 4.20. The van der Waals surface area contributed by atoms with Gasteiger partial charge in [-0.05, 0) is 18.4 Å². The topological polar surface area (TPSA) is 43.8 Å². The van der Waals surface area contributed by atoms with Gasteiger partial charge < -0.3 is 5.73 Å². The van der Waals surface area contributed by atoms with Crippen LogP contribution in [-0.4, -0.2) is 9.78 Å². The van der Waals surface area contributed by atoms with Crippen molar-refractivity contribution in [3.05, 3.63) is 20.9 Å². The zero-order chi connectivity index (χ0) is 13.3. The number of nitrogens with two attached hydrogens (primary N) is 1. The van der Waals surface area contributed by atoms with Crippen molar-refractivity contribution in [2.45, 2.75) is 26.8 Å². The molecule has 2 N–H and O–H groups in total. The molecule has 0 aliphatic carbocycles. The Morgan fingerprint density at radius 2 is 2.17 bits per heavy atom. The first-order valence-electron chi connectivity index (χ1n) is 5.75. The third-order valence-electron chi connectivity index (χ3n) is 2.64. The fourth-order valence-corrected chi connectivity index (χ4v) is 3.12. The predicted octanol–water partition coefficient (Wildman–Crippen LogP) is 4.55. The summed E-state index contributed by atoms with van der Waals surface area (Å²) in [4.78, 5) is 0. The minimum atomic E-state index is 0.626. The van der Waals surface area contributed by atoms with E-state index in [1.165, 1.54) is 11.3 Å². The summed E-state index contributed by atoms with van der Waals surface area (Å²) in [5.74, 6) is 0.637. The zero-order valence-electron chi connectivity index (χ0n) is 10.3. The second-order valence-corrected chi connectivity index (χ2v) is 6.90. The van der Waals surface area contributed by atoms with E-state index < -0.39 is 0 Å². The fourth-order valence-electron chi connectivity index (χ4n) is 1.65. The molecule has 0 bridgehead atoms. The van der Waals surface area contributed by atoms with Crippen molar-refractivity contribution in [2.24, 2.45) is 5.92 Å². The molecule has 98 valence electrons. The third-order valence-corrected chi connectivity index (χ3v) is 4.12. The predicted molar refractivity (Wildman–Crippen MR) is 79.4 cm³/mol. The van der Waals surface area contributed by atoms with E-state index >= 15 is 0 Å². The Labute approximate surface area is 121 Å². The first-order valence-corrected chi connectivity index (χ1v) is 7.32. The number of anilines is 1. The zero-order valence-corrected chi connectivity index (χ0v) is 12.6. The van der Waals surface area contributed by atoms with Crippen LogP contribution < -0.4 is 5.73 Å². The Morgan fingerprint density at radius 3 is 2.72 bits per heavy atom. The number of nitrogen functional groups attached to an aromatic ring is 1. The van der Waals surface area contributed by atoms with E-state index in [0.29, 0.717) is 26.0 Å². The summed E-state index contributed by atoms with van der Waals surface area (Å²) in [7, 11) is 0. The number of thiophene rings is 1. The molecule has 0 saturated heterocycles. The molecular weight excluding hydrogens is 289 g/mol. The number of hydrogen-bond donors (Lipinski definition) is 1. The maximum absolute atomic E-state index is 6.12. The van der Waals surface area contributed by atoms with E-state index in [9.17, 15) is 0 Å². The van der Waals surface area contributed by atoms with Gasteiger partial charge in [0.05, 0.1) is 10.0 Å². The molecule has 0 unspecified atom stereocenters. The molecular formula is C12H15Cl2N3S. The number of aromatic nitrogens is 2. The first kappa shape index (κ1) is 13.7. The maximum Gasteiger partial charge on any atom is 0.118 e. The molecule has 0 aromatic carbocycles. The van der Waals surface area contributed by atoms with Gasteiger partial charge in [-0.1, -0.05) is 37.0 Å². The molecule has 6 heteroatoms. The highest BCUT2D eigenvalue weighted by Crippen LogP contribution is 2.39. The van der Waals surface area contributed by atoms with E-state index in [4.69, 9.17) is 28.9 Å². The van der Waals surface area contributed by atoms with Crippen LogP contribution in [0.4, 0.5) is 5.69 Å². The van der Waals surface area contributed by atoms with Crippen molar-refractivity contribution in [2.75, 3.05) is 5.73 Å². The second-order valence-electron chi connectivity index (χ2n) is 4.62. The monoisotopic (exact) mass is 303 g/mol. The van der Waals surface area contributed by atoms with Gasteiger partial charge in [-0.2, -0.15) is 5.10 Å². The molecule has 0 aliphatic rings. The van der Waals surface area contributed by atoms with Crippen molar-refractivity contribution in [1.82, 2.24) is 9.78 Å². The van der Waals surface area contributed by atoms with Crippen LogP contribution in [0.5, 0.6) is 0 Å². The minimum absolute atomic E-state index is 0.626. The Morgan fingerprint density at radius 1 is 1.44 bits per heavy atom. The quantitative estimate of drug-likeness (QED) is 0.900. The largest absolute Gasteiger partial charge is 0.396 e. The van der Waals surface area contributed by atoms with E-state index in [1.807, 2.05) is 10.9 Å². The summed E-state index contributed by atoms with van der Waals surface area (Å²) < 4.78 is 3.14. The van der Waals surface area contributed by atoms with Crippen molar-refractivity contribution >= 4 is 40.2 Å². The smallest absolute Gasteiger partial charge is 0.118 e. The van der Waals surface area contributed by atoms with E-state index in [1.54, 1.807) is 6.07 Å². The van der Waals surface area contributed by atoms with Crippen LogP contribution in [0, 0.1) is 5.92 Å². The highest BCUT2D eigenvalue weighted by Gasteiger charge is 2.15. The van der Waals surface area contributed by atoms with Crippen LogP contribution in [0.3, 0.4) is 0 Å². The maximum atomic E-state index is 6.12. The van der Waals surface area contributed by atoms with Crippen LogP contribution >= 0.6 is 34.5 Å². The molecule has 0 amide bonds. The molecule has 2 aromatic heterocycles. The summed E-state index contributed by atoms with van der Waals surface area (Å²) in [5, 5.41) is 4.48. The van der Waals surface area contributed by atoms with Crippen molar-refractivity contribution in [3.63, 3.8) is 0 Å². The molecule has 0 aliphatic heterocycles. The average Bonchev–Trinajstić information content (AvgIpc) is 2.79. The summed E-state index contributed by atoms with van der Waals surface area (Å²) in [6.07, 6.45) is 2.91. The highest BCUT2D eigenvalue weighted by molar-refractivity contribution is 7.20. The lowest BCUT2D eigenvalue weighted by atomic mass is 10.1. The molecule has 0 spiro atoms. The van der Waals surface area contributed by atoms with E-state index in [0.717, 1.165) is 18.5 Å². The lowest BCUT2D eigenvalue weighted by molar-refractivity contribution is 0.488. The summed E-state index contributed by atoms with van der Waals surface area (Å²) >= 11 is 13.4. The van der Waals surface area contributed by atoms with E-state index in [-0.39, 0.29) is 0 Å². The molecule has 0 atom stereocenters. The van der Waals surface area contributed by atoms with Gasteiger partial charge in [-0.15, -0.1) is 11.3 Å². The third kappa shape index (κ3) is 2.99. The van der Waals surface area contributed by atoms with E-state index in [2.05, 4.69) is 18.9 Å². The van der Waals surface area contributed by atoms with Gasteiger partial charge in [0, 0.05) is 18.3 Å². The lowest BCUT2D eigenvalue weighted by Crippen LogP contribution is -2.01. The van der Waals surface area contributed by atoms with Crippen LogP contribution in [-0.2, 0) is 6.54 Å². The SMILES string of the molecule is CC(C)CCn1cc(N)c(-c2cc(Cl)sc2Cl)n1. The number of rotatable bonds is 4. The Hall–Kier alpha value is -0.710. The summed E-state index contributed by atoms with van der Waals surface area (Å²) in [5.41, 5.74) is 8.14. The average molecular weight is 304 g/mol. The highest BCUT2D eigenvalue weighted by atomic mass is 35.5. The number of hydrogen-bond acceptors (Lipinski definition) is 3. The normalized spacial score (nSPS) is 11.4. The Balaban J connectivity index is 2.26. The second kappa shape index (κ2) is 5.51. The van der Waals surface area contributed by atoms with Crippen molar-refractivity contribution in [3.8, 4) is 11.3 Å². The molecule has 3 nitrogen and oxygen atoms in total. The van der Waals surface area contributed by atoms with Crippen LogP contribution in [0.2, 0.25) is 8.67 Å². The molecule has 0 fully saturated rings. The van der Waals surface area contributed by atoms with Gasteiger partial charge >= 0.3 is 0 Å². The Bertz CT molecular complexity index is 546. The number of halogens is 2. The molecule has 2 heterocycles. The van der Waals surface area contributed by atoms with Gasteiger partial charge in [-0.3, -0.25) is 4.68 Å². The van der Waals surface area contributed by atoms with Crippen LogP contribution in [0.25, 0.3) is 11.3 Å². The standard InChI is InChI=1S/C12H15Cl2N3S/c1-7(2)3-4-17-6-9(15)11(16-17)8-5-10(13)18-12(8)14/h5-7H,3-4,15H2,1-2H3. The van der Waals surface area contributed by atoms with Crippen molar-refractivity contribution < 1.29 is 0 Å². The molecule has 18 heavy (non-hydrogen) atoms. The first-order chi connectivity index (χ1) is 8.47. The number of nitrogens with zero attached hydrogens (tertiary/aromatic N) is 2. The molecule has 2 aromatic rings. The lowest BCUT2D eigenvalue weighted by Gasteiger charge is -2.03. The summed E-state index contributed by atoms with van der Waals surface area (Å²) in [6.45, 7) is 5.23. The molecule has 0 saturated carbocycles.